The first-order chi connectivity index (χ1) is 13.1. The molecule has 0 aliphatic heterocycles. The van der Waals surface area contributed by atoms with Crippen LogP contribution in [-0.2, 0) is 16.0 Å². The van der Waals surface area contributed by atoms with E-state index in [1.165, 1.54) is 5.56 Å². The molecule has 1 heterocycles. The third kappa shape index (κ3) is 3.45. The Hall–Kier alpha value is -3.08. The molecular weight excluding hydrogens is 340 g/mol. The van der Waals surface area contributed by atoms with Crippen LogP contribution in [0.1, 0.15) is 47.3 Å². The van der Waals surface area contributed by atoms with Gasteiger partial charge in [0.1, 0.15) is 0 Å². The highest BCUT2D eigenvalue weighted by molar-refractivity contribution is 6.04. The normalized spacial score (nSPS) is 17.1. The Morgan fingerprint density at radius 3 is 2.81 bits per heavy atom. The molecule has 1 aromatic heterocycles. The molecule has 0 fully saturated rings. The Bertz CT molecular complexity index is 992. The summed E-state index contributed by atoms with van der Waals surface area (Å²) in [5, 5.41) is 3.83. The van der Waals surface area contributed by atoms with Gasteiger partial charge in [0.2, 0.25) is 0 Å². The van der Waals surface area contributed by atoms with Crippen molar-refractivity contribution in [1.82, 2.24) is 10.3 Å². The molecule has 5 nitrogen and oxygen atoms in total. The van der Waals surface area contributed by atoms with Crippen molar-refractivity contribution in [3.63, 3.8) is 0 Å². The Balaban J connectivity index is 1.43. The van der Waals surface area contributed by atoms with E-state index in [9.17, 15) is 9.59 Å². The number of H-pyrrole nitrogens is 1. The number of amides is 1. The fourth-order valence-corrected chi connectivity index (χ4v) is 3.71. The van der Waals surface area contributed by atoms with Crippen LogP contribution in [0.25, 0.3) is 10.9 Å². The van der Waals surface area contributed by atoms with Crippen LogP contribution in [0.3, 0.4) is 0 Å². The summed E-state index contributed by atoms with van der Waals surface area (Å²) in [4.78, 5) is 28.1. The number of aryl methyl sites for hydroxylation is 1. The molecule has 1 amide bonds. The summed E-state index contributed by atoms with van der Waals surface area (Å²) in [5.41, 5.74) is 3.73. The Morgan fingerprint density at radius 1 is 1.15 bits per heavy atom. The highest BCUT2D eigenvalue weighted by Gasteiger charge is 2.26. The van der Waals surface area contributed by atoms with Gasteiger partial charge in [0.05, 0.1) is 11.6 Å². The van der Waals surface area contributed by atoms with E-state index in [0.29, 0.717) is 5.56 Å². The summed E-state index contributed by atoms with van der Waals surface area (Å²) in [6.45, 7) is 1.61. The lowest BCUT2D eigenvalue weighted by Crippen LogP contribution is -2.39. The number of fused-ring (bicyclic) bond motifs is 2. The number of ether oxygens (including phenoxy) is 1. The highest BCUT2D eigenvalue weighted by atomic mass is 16.5. The zero-order valence-corrected chi connectivity index (χ0v) is 15.2. The van der Waals surface area contributed by atoms with Crippen LogP contribution in [-0.4, -0.2) is 23.0 Å². The van der Waals surface area contributed by atoms with Gasteiger partial charge in [0.25, 0.3) is 5.91 Å². The maximum Gasteiger partial charge on any atom is 0.341 e. The molecular formula is C22H22N2O3. The molecule has 0 radical (unpaired) electrons. The number of aromatic nitrogens is 1. The molecule has 2 atom stereocenters. The molecule has 0 spiro atoms. The van der Waals surface area contributed by atoms with Gasteiger partial charge in [-0.15, -0.1) is 0 Å². The van der Waals surface area contributed by atoms with E-state index in [1.54, 1.807) is 13.1 Å². The molecule has 5 heteroatoms. The summed E-state index contributed by atoms with van der Waals surface area (Å²) in [7, 11) is 0. The molecule has 3 aromatic rings. The second kappa shape index (κ2) is 7.27. The molecule has 4 rings (SSSR count). The number of rotatable bonds is 4. The molecule has 2 aromatic carbocycles. The smallest absolute Gasteiger partial charge is 0.341 e. The number of carbonyl (C=O) groups is 2. The molecule has 0 unspecified atom stereocenters. The number of benzene rings is 2. The molecule has 1 aliphatic rings. The van der Waals surface area contributed by atoms with E-state index in [1.807, 2.05) is 36.4 Å². The van der Waals surface area contributed by atoms with Gasteiger partial charge in [0, 0.05) is 17.1 Å². The van der Waals surface area contributed by atoms with Crippen molar-refractivity contribution in [2.45, 2.75) is 38.3 Å². The fraction of sp³-hybridized carbons (Fsp3) is 0.273. The van der Waals surface area contributed by atoms with Crippen LogP contribution in [0.2, 0.25) is 0 Å². The predicted octanol–water partition coefficient (Wildman–Crippen LogP) is 3.91. The van der Waals surface area contributed by atoms with Crippen LogP contribution in [0.15, 0.2) is 54.7 Å². The minimum Gasteiger partial charge on any atom is -0.449 e. The van der Waals surface area contributed by atoms with Gasteiger partial charge >= 0.3 is 5.97 Å². The van der Waals surface area contributed by atoms with Gasteiger partial charge in [-0.2, -0.15) is 0 Å². The number of carbonyl (C=O) groups excluding carboxylic acids is 2. The fourth-order valence-electron chi connectivity index (χ4n) is 3.71. The summed E-state index contributed by atoms with van der Waals surface area (Å²) in [6, 6.07) is 15.6. The number of para-hydroxylation sites is 1. The van der Waals surface area contributed by atoms with Crippen LogP contribution >= 0.6 is 0 Å². The van der Waals surface area contributed by atoms with E-state index >= 15 is 0 Å². The van der Waals surface area contributed by atoms with Crippen LogP contribution in [0, 0.1) is 0 Å². The number of esters is 1. The van der Waals surface area contributed by atoms with E-state index in [0.717, 1.165) is 35.7 Å². The van der Waals surface area contributed by atoms with Crippen molar-refractivity contribution in [3.8, 4) is 0 Å². The molecule has 27 heavy (non-hydrogen) atoms. The Labute approximate surface area is 157 Å². The number of aromatic amines is 1. The molecule has 2 N–H and O–H groups in total. The minimum absolute atomic E-state index is 0.0308. The third-order valence-corrected chi connectivity index (χ3v) is 5.15. The lowest BCUT2D eigenvalue weighted by Gasteiger charge is -2.27. The minimum atomic E-state index is -0.861. The zero-order valence-electron chi connectivity index (χ0n) is 15.2. The van der Waals surface area contributed by atoms with Crippen molar-refractivity contribution >= 4 is 22.8 Å². The number of nitrogens with one attached hydrogen (secondary N) is 2. The zero-order chi connectivity index (χ0) is 18.8. The van der Waals surface area contributed by atoms with Crippen molar-refractivity contribution in [1.29, 1.82) is 0 Å². The summed E-state index contributed by atoms with van der Waals surface area (Å²) in [5.74, 6) is -0.774. The molecule has 0 saturated heterocycles. The second-order valence-electron chi connectivity index (χ2n) is 6.95. The topological polar surface area (TPSA) is 71.2 Å². The molecule has 1 aliphatic carbocycles. The summed E-state index contributed by atoms with van der Waals surface area (Å²) in [6.07, 6.45) is 3.72. The highest BCUT2D eigenvalue weighted by Crippen LogP contribution is 2.29. The van der Waals surface area contributed by atoms with E-state index < -0.39 is 12.1 Å². The van der Waals surface area contributed by atoms with Gasteiger partial charge in [-0.25, -0.2) is 4.79 Å². The molecule has 0 saturated carbocycles. The average molecular weight is 362 g/mol. The summed E-state index contributed by atoms with van der Waals surface area (Å²) < 4.78 is 5.42. The lowest BCUT2D eigenvalue weighted by atomic mass is 9.87. The monoisotopic (exact) mass is 362 g/mol. The van der Waals surface area contributed by atoms with Crippen molar-refractivity contribution in [2.75, 3.05) is 0 Å². The maximum absolute atomic E-state index is 12.6. The van der Waals surface area contributed by atoms with Crippen molar-refractivity contribution in [3.05, 3.63) is 71.4 Å². The van der Waals surface area contributed by atoms with Crippen LogP contribution in [0.5, 0.6) is 0 Å². The van der Waals surface area contributed by atoms with Crippen molar-refractivity contribution in [2.24, 2.45) is 0 Å². The Kier molecular flexibility index (Phi) is 4.67. The van der Waals surface area contributed by atoms with Gasteiger partial charge < -0.3 is 15.0 Å². The average Bonchev–Trinajstić information content (AvgIpc) is 3.12. The van der Waals surface area contributed by atoms with E-state index in [2.05, 4.69) is 22.4 Å². The van der Waals surface area contributed by atoms with E-state index in [4.69, 9.17) is 4.74 Å². The Morgan fingerprint density at radius 2 is 1.93 bits per heavy atom. The molecule has 0 bridgehead atoms. The van der Waals surface area contributed by atoms with Gasteiger partial charge in [-0.1, -0.05) is 42.5 Å². The van der Waals surface area contributed by atoms with Gasteiger partial charge in [0.15, 0.2) is 6.10 Å². The maximum atomic E-state index is 12.6. The standard InChI is InChI=1S/C22H22N2O3/c1-14(27-22(26)18-13-23-19-11-5-4-10-17(18)19)21(25)24-20-12-6-8-15-7-2-3-9-16(15)20/h2-5,7,9-11,13-14,20,23H,6,8,12H2,1H3,(H,24,25)/t14-,20+/m1/s1. The third-order valence-electron chi connectivity index (χ3n) is 5.15. The van der Waals surface area contributed by atoms with E-state index in [-0.39, 0.29) is 11.9 Å². The first kappa shape index (κ1) is 17.3. The predicted molar refractivity (Wildman–Crippen MR) is 103 cm³/mol. The number of hydrogen-bond donors (Lipinski definition) is 2. The second-order valence-corrected chi connectivity index (χ2v) is 6.95. The first-order valence-corrected chi connectivity index (χ1v) is 9.29. The SMILES string of the molecule is C[C@@H](OC(=O)c1c[nH]c2ccccc12)C(=O)N[C@H]1CCCc2ccccc21. The largest absolute Gasteiger partial charge is 0.449 e. The summed E-state index contributed by atoms with van der Waals surface area (Å²) >= 11 is 0. The van der Waals surface area contributed by atoms with Crippen molar-refractivity contribution < 1.29 is 14.3 Å². The quantitative estimate of drug-likeness (QED) is 0.691. The van der Waals surface area contributed by atoms with Gasteiger partial charge in [-0.05, 0) is 43.4 Å². The molecule has 138 valence electrons. The van der Waals surface area contributed by atoms with Crippen LogP contribution in [0.4, 0.5) is 0 Å². The lowest BCUT2D eigenvalue weighted by molar-refractivity contribution is -0.130. The van der Waals surface area contributed by atoms with Crippen LogP contribution < -0.4 is 5.32 Å². The van der Waals surface area contributed by atoms with Gasteiger partial charge in [-0.3, -0.25) is 4.79 Å². The number of hydrogen-bond acceptors (Lipinski definition) is 3. The first-order valence-electron chi connectivity index (χ1n) is 9.29.